The highest BCUT2D eigenvalue weighted by Gasteiger charge is 2.15. The van der Waals surface area contributed by atoms with Gasteiger partial charge in [-0.05, 0) is 58.3 Å². The number of nitrogens with zero attached hydrogens (tertiary/aromatic N) is 2. The summed E-state index contributed by atoms with van der Waals surface area (Å²) in [7, 11) is 0. The van der Waals surface area contributed by atoms with Crippen LogP contribution in [-0.4, -0.2) is 9.97 Å². The standard InChI is InChI=1S/C36H22N2O/c1-2-10-23(11-3-1)35-36(38-32-18-6-5-17-31(32)37-35)26-14-8-12-24(20-26)27-16-9-13-25-21-30-28-15-4-7-19-33(28)39-34(30)22-29(25)27/h1-22H. The molecular formula is C36H22N2O. The van der Waals surface area contributed by atoms with Gasteiger partial charge in [0.2, 0.25) is 0 Å². The van der Waals surface area contributed by atoms with E-state index in [-0.39, 0.29) is 0 Å². The summed E-state index contributed by atoms with van der Waals surface area (Å²) < 4.78 is 6.23. The van der Waals surface area contributed by atoms with Crippen molar-refractivity contribution < 1.29 is 4.42 Å². The van der Waals surface area contributed by atoms with Crippen LogP contribution in [0, 0.1) is 0 Å². The number of hydrogen-bond acceptors (Lipinski definition) is 3. The molecule has 0 N–H and O–H groups in total. The second-order valence-corrected chi connectivity index (χ2v) is 9.83. The van der Waals surface area contributed by atoms with Crippen molar-refractivity contribution in [3.63, 3.8) is 0 Å². The van der Waals surface area contributed by atoms with Crippen molar-refractivity contribution >= 4 is 43.7 Å². The van der Waals surface area contributed by atoms with Gasteiger partial charge in [-0.25, -0.2) is 9.97 Å². The molecule has 8 rings (SSSR count). The Morgan fingerprint density at radius 1 is 0.410 bits per heavy atom. The van der Waals surface area contributed by atoms with Gasteiger partial charge < -0.3 is 4.42 Å². The van der Waals surface area contributed by atoms with Gasteiger partial charge in [-0.1, -0.05) is 97.1 Å². The van der Waals surface area contributed by atoms with Crippen LogP contribution < -0.4 is 0 Å². The lowest BCUT2D eigenvalue weighted by atomic mass is 9.94. The smallest absolute Gasteiger partial charge is 0.136 e. The number of furan rings is 1. The zero-order chi connectivity index (χ0) is 25.8. The molecule has 3 heteroatoms. The van der Waals surface area contributed by atoms with E-state index in [1.807, 2.05) is 54.6 Å². The fourth-order valence-electron chi connectivity index (χ4n) is 5.58. The Kier molecular flexibility index (Phi) is 4.82. The molecule has 0 unspecified atom stereocenters. The summed E-state index contributed by atoms with van der Waals surface area (Å²) in [5.74, 6) is 0. The van der Waals surface area contributed by atoms with Crippen LogP contribution in [0.1, 0.15) is 0 Å². The van der Waals surface area contributed by atoms with E-state index >= 15 is 0 Å². The summed E-state index contributed by atoms with van der Waals surface area (Å²) >= 11 is 0. The average Bonchev–Trinajstić information content (AvgIpc) is 3.37. The van der Waals surface area contributed by atoms with E-state index in [0.29, 0.717) is 0 Å². The lowest BCUT2D eigenvalue weighted by Crippen LogP contribution is -1.95. The SMILES string of the molecule is c1ccc(-c2nc3ccccc3nc2-c2cccc(-c3cccc4cc5c(cc34)oc3ccccc35)c2)cc1. The number of para-hydroxylation sites is 3. The minimum Gasteiger partial charge on any atom is -0.456 e. The van der Waals surface area contributed by atoms with Gasteiger partial charge in [0.05, 0.1) is 22.4 Å². The van der Waals surface area contributed by atoms with Crippen molar-refractivity contribution in [2.24, 2.45) is 0 Å². The van der Waals surface area contributed by atoms with Crippen molar-refractivity contribution in [2.75, 3.05) is 0 Å². The highest BCUT2D eigenvalue weighted by atomic mass is 16.3. The highest BCUT2D eigenvalue weighted by molar-refractivity contribution is 6.12. The van der Waals surface area contributed by atoms with Crippen LogP contribution in [0.5, 0.6) is 0 Å². The maximum Gasteiger partial charge on any atom is 0.136 e. The molecule has 2 heterocycles. The van der Waals surface area contributed by atoms with Crippen LogP contribution in [0.4, 0.5) is 0 Å². The van der Waals surface area contributed by atoms with Gasteiger partial charge >= 0.3 is 0 Å². The van der Waals surface area contributed by atoms with Crippen LogP contribution in [-0.2, 0) is 0 Å². The van der Waals surface area contributed by atoms with E-state index in [9.17, 15) is 0 Å². The van der Waals surface area contributed by atoms with E-state index < -0.39 is 0 Å². The fraction of sp³-hybridized carbons (Fsp3) is 0. The first kappa shape index (κ1) is 21.8. The van der Waals surface area contributed by atoms with Gasteiger partial charge in [0.25, 0.3) is 0 Å². The van der Waals surface area contributed by atoms with E-state index in [4.69, 9.17) is 14.4 Å². The minimum atomic E-state index is 0.877. The Bertz CT molecular complexity index is 2180. The number of benzene rings is 6. The van der Waals surface area contributed by atoms with E-state index in [1.54, 1.807) is 0 Å². The predicted octanol–water partition coefficient (Wildman–Crippen LogP) is 9.68. The largest absolute Gasteiger partial charge is 0.456 e. The molecule has 39 heavy (non-hydrogen) atoms. The maximum absolute atomic E-state index is 6.23. The van der Waals surface area contributed by atoms with E-state index in [2.05, 4.69) is 78.9 Å². The van der Waals surface area contributed by atoms with Gasteiger partial charge in [0.15, 0.2) is 0 Å². The third kappa shape index (κ3) is 3.59. The molecule has 3 nitrogen and oxygen atoms in total. The molecule has 0 fully saturated rings. The third-order valence-corrected chi connectivity index (χ3v) is 7.44. The Hall–Kier alpha value is -5.28. The van der Waals surface area contributed by atoms with Crippen molar-refractivity contribution in [2.45, 2.75) is 0 Å². The van der Waals surface area contributed by atoms with Gasteiger partial charge in [-0.2, -0.15) is 0 Å². The molecule has 8 aromatic rings. The molecule has 0 bridgehead atoms. The third-order valence-electron chi connectivity index (χ3n) is 7.44. The van der Waals surface area contributed by atoms with Crippen LogP contribution in [0.3, 0.4) is 0 Å². The molecule has 0 amide bonds. The molecule has 2 aromatic heterocycles. The first-order valence-corrected chi connectivity index (χ1v) is 13.1. The molecule has 0 aliphatic carbocycles. The molecule has 0 spiro atoms. The second kappa shape index (κ2) is 8.64. The summed E-state index contributed by atoms with van der Waals surface area (Å²) in [5, 5.41) is 4.63. The molecule has 0 saturated carbocycles. The summed E-state index contributed by atoms with van der Waals surface area (Å²) in [6.07, 6.45) is 0. The molecule has 0 aliphatic rings. The van der Waals surface area contributed by atoms with E-state index in [0.717, 1.165) is 72.0 Å². The minimum absolute atomic E-state index is 0.877. The Labute approximate surface area is 225 Å². The zero-order valence-corrected chi connectivity index (χ0v) is 21.0. The summed E-state index contributed by atoms with van der Waals surface area (Å²) in [6.45, 7) is 0. The quantitative estimate of drug-likeness (QED) is 0.243. The van der Waals surface area contributed by atoms with Crippen molar-refractivity contribution in [1.29, 1.82) is 0 Å². The average molecular weight is 499 g/mol. The van der Waals surface area contributed by atoms with Crippen LogP contribution in [0.2, 0.25) is 0 Å². The molecule has 0 aliphatic heterocycles. The fourth-order valence-corrected chi connectivity index (χ4v) is 5.58. The summed E-state index contributed by atoms with van der Waals surface area (Å²) in [5.41, 5.74) is 9.72. The number of rotatable bonds is 3. The van der Waals surface area contributed by atoms with Crippen LogP contribution >= 0.6 is 0 Å². The van der Waals surface area contributed by atoms with Gasteiger partial charge in [0, 0.05) is 21.9 Å². The Morgan fingerprint density at radius 2 is 1.08 bits per heavy atom. The van der Waals surface area contributed by atoms with Crippen molar-refractivity contribution in [3.05, 3.63) is 133 Å². The van der Waals surface area contributed by atoms with Crippen molar-refractivity contribution in [1.82, 2.24) is 9.97 Å². The summed E-state index contributed by atoms with van der Waals surface area (Å²) in [4.78, 5) is 10.2. The van der Waals surface area contributed by atoms with Crippen LogP contribution in [0.25, 0.3) is 77.4 Å². The normalized spacial score (nSPS) is 11.6. The summed E-state index contributed by atoms with van der Waals surface area (Å²) in [6, 6.07) is 46.1. The molecular weight excluding hydrogens is 476 g/mol. The zero-order valence-electron chi connectivity index (χ0n) is 21.0. The first-order chi connectivity index (χ1) is 19.3. The second-order valence-electron chi connectivity index (χ2n) is 9.83. The molecule has 6 aromatic carbocycles. The topological polar surface area (TPSA) is 38.9 Å². The van der Waals surface area contributed by atoms with Gasteiger partial charge in [-0.3, -0.25) is 0 Å². The van der Waals surface area contributed by atoms with Gasteiger partial charge in [0.1, 0.15) is 11.2 Å². The van der Waals surface area contributed by atoms with E-state index in [1.165, 1.54) is 5.39 Å². The van der Waals surface area contributed by atoms with Gasteiger partial charge in [-0.15, -0.1) is 0 Å². The molecule has 0 atom stereocenters. The Morgan fingerprint density at radius 3 is 1.92 bits per heavy atom. The predicted molar refractivity (Wildman–Crippen MR) is 161 cm³/mol. The molecule has 182 valence electrons. The number of hydrogen-bond donors (Lipinski definition) is 0. The number of fused-ring (bicyclic) bond motifs is 5. The monoisotopic (exact) mass is 498 g/mol. The highest BCUT2D eigenvalue weighted by Crippen LogP contribution is 2.38. The Balaban J connectivity index is 1.34. The molecule has 0 saturated heterocycles. The lowest BCUT2D eigenvalue weighted by Gasteiger charge is -2.13. The van der Waals surface area contributed by atoms with Crippen molar-refractivity contribution in [3.8, 4) is 33.6 Å². The molecule has 0 radical (unpaired) electrons. The lowest BCUT2D eigenvalue weighted by molar-refractivity contribution is 0.669. The maximum atomic E-state index is 6.23. The van der Waals surface area contributed by atoms with Crippen LogP contribution in [0.15, 0.2) is 138 Å². The first-order valence-electron chi connectivity index (χ1n) is 13.1. The number of aromatic nitrogens is 2.